The maximum absolute atomic E-state index is 12.5. The molecule has 2 aromatic carbocycles. The molecule has 0 aliphatic heterocycles. The Balaban J connectivity index is 1.68. The van der Waals surface area contributed by atoms with Gasteiger partial charge < -0.3 is 15.1 Å². The summed E-state index contributed by atoms with van der Waals surface area (Å²) in [5.74, 6) is -0.409. The number of halogens is 1. The average Bonchev–Trinajstić information content (AvgIpc) is 3.09. The van der Waals surface area contributed by atoms with Crippen molar-refractivity contribution in [2.24, 2.45) is 0 Å². The van der Waals surface area contributed by atoms with Gasteiger partial charge in [0.25, 0.3) is 11.8 Å². The minimum absolute atomic E-state index is 0.123. The number of carbonyl (C=O) groups excluding carboxylic acids is 2. The molecule has 0 aliphatic rings. The number of nitrogens with one attached hydrogen (secondary N) is 2. The maximum Gasteiger partial charge on any atom is 0.291 e. The smallest absolute Gasteiger partial charge is 0.291 e. The lowest BCUT2D eigenvalue weighted by atomic mass is 10.1. The Morgan fingerprint density at radius 1 is 0.962 bits per heavy atom. The van der Waals surface area contributed by atoms with Crippen molar-refractivity contribution in [3.05, 3.63) is 88.3 Å². The Labute approximate surface area is 159 Å². The zero-order valence-corrected chi connectivity index (χ0v) is 15.6. The van der Waals surface area contributed by atoms with Crippen LogP contribution < -0.4 is 10.6 Å². The van der Waals surface area contributed by atoms with E-state index in [1.807, 2.05) is 37.3 Å². The highest BCUT2D eigenvalue weighted by atomic mass is 79.9. The summed E-state index contributed by atoms with van der Waals surface area (Å²) < 4.78 is 5.70. The van der Waals surface area contributed by atoms with Crippen LogP contribution in [0, 0.1) is 0 Å². The molecule has 5 nitrogen and oxygen atoms in total. The number of carbonyl (C=O) groups is 2. The normalized spacial score (nSPS) is 11.6. The van der Waals surface area contributed by atoms with E-state index in [2.05, 4.69) is 26.6 Å². The van der Waals surface area contributed by atoms with E-state index in [1.54, 1.807) is 36.4 Å². The van der Waals surface area contributed by atoms with Crippen molar-refractivity contribution in [2.45, 2.75) is 13.0 Å². The summed E-state index contributed by atoms with van der Waals surface area (Å²) >= 11 is 3.16. The van der Waals surface area contributed by atoms with Crippen molar-refractivity contribution in [2.75, 3.05) is 5.32 Å². The van der Waals surface area contributed by atoms with E-state index in [-0.39, 0.29) is 23.6 Å². The van der Waals surface area contributed by atoms with Crippen LogP contribution in [-0.2, 0) is 0 Å². The molecule has 3 rings (SSSR count). The quantitative estimate of drug-likeness (QED) is 0.632. The largest absolute Gasteiger partial charge is 0.444 e. The van der Waals surface area contributed by atoms with Crippen LogP contribution in [0.25, 0.3) is 0 Å². The van der Waals surface area contributed by atoms with Gasteiger partial charge in [0.2, 0.25) is 0 Å². The SMILES string of the molecule is C[C@@H](NC(=O)c1cccc(NC(=O)c2ccc(Br)o2)c1)c1ccccc1. The molecule has 0 bridgehead atoms. The third-order valence-electron chi connectivity index (χ3n) is 3.83. The van der Waals surface area contributed by atoms with E-state index < -0.39 is 0 Å². The van der Waals surface area contributed by atoms with Gasteiger partial charge in [-0.05, 0) is 58.7 Å². The molecule has 3 aromatic rings. The minimum atomic E-state index is -0.383. The Morgan fingerprint density at radius 3 is 2.42 bits per heavy atom. The van der Waals surface area contributed by atoms with E-state index in [0.29, 0.717) is 15.9 Å². The number of amides is 2. The van der Waals surface area contributed by atoms with Gasteiger partial charge in [-0.3, -0.25) is 9.59 Å². The molecule has 132 valence electrons. The Hall–Kier alpha value is -2.86. The van der Waals surface area contributed by atoms with Crippen LogP contribution in [0.5, 0.6) is 0 Å². The molecule has 0 unspecified atom stereocenters. The van der Waals surface area contributed by atoms with Crippen LogP contribution in [0.2, 0.25) is 0 Å². The predicted octanol–water partition coefficient (Wildman–Crippen LogP) is 4.79. The van der Waals surface area contributed by atoms with Crippen LogP contribution >= 0.6 is 15.9 Å². The Bertz CT molecular complexity index is 922. The number of furan rings is 1. The number of hydrogen-bond acceptors (Lipinski definition) is 3. The van der Waals surface area contributed by atoms with Gasteiger partial charge in [0, 0.05) is 11.3 Å². The lowest BCUT2D eigenvalue weighted by molar-refractivity contribution is 0.0938. The summed E-state index contributed by atoms with van der Waals surface area (Å²) in [6.45, 7) is 1.92. The second-order valence-electron chi connectivity index (χ2n) is 5.74. The molecule has 0 fully saturated rings. The fourth-order valence-corrected chi connectivity index (χ4v) is 2.78. The molecule has 1 heterocycles. The highest BCUT2D eigenvalue weighted by Crippen LogP contribution is 2.18. The monoisotopic (exact) mass is 412 g/mol. The summed E-state index contributed by atoms with van der Waals surface area (Å²) in [5.41, 5.74) is 2.00. The Kier molecular flexibility index (Phi) is 5.53. The maximum atomic E-state index is 12.5. The highest BCUT2D eigenvalue weighted by molar-refractivity contribution is 9.10. The van der Waals surface area contributed by atoms with Gasteiger partial charge >= 0.3 is 0 Å². The van der Waals surface area contributed by atoms with Crippen LogP contribution in [0.3, 0.4) is 0 Å². The molecule has 1 atom stereocenters. The fourth-order valence-electron chi connectivity index (χ4n) is 2.47. The van der Waals surface area contributed by atoms with Gasteiger partial charge in [-0.15, -0.1) is 0 Å². The number of rotatable bonds is 5. The molecule has 2 N–H and O–H groups in total. The molecule has 0 saturated carbocycles. The molecular formula is C20H17BrN2O3. The summed E-state index contributed by atoms with van der Waals surface area (Å²) in [6, 6.07) is 19.6. The van der Waals surface area contributed by atoms with E-state index in [0.717, 1.165) is 5.56 Å². The number of benzene rings is 2. The number of hydrogen-bond donors (Lipinski definition) is 2. The van der Waals surface area contributed by atoms with Gasteiger partial charge in [-0.1, -0.05) is 36.4 Å². The van der Waals surface area contributed by atoms with E-state index in [4.69, 9.17) is 4.42 Å². The summed E-state index contributed by atoms with van der Waals surface area (Å²) in [5, 5.41) is 5.67. The van der Waals surface area contributed by atoms with Gasteiger partial charge in [0.1, 0.15) is 0 Å². The first-order valence-electron chi connectivity index (χ1n) is 8.05. The highest BCUT2D eigenvalue weighted by Gasteiger charge is 2.14. The molecule has 26 heavy (non-hydrogen) atoms. The van der Waals surface area contributed by atoms with Gasteiger partial charge in [-0.2, -0.15) is 0 Å². The zero-order valence-electron chi connectivity index (χ0n) is 14.0. The topological polar surface area (TPSA) is 71.3 Å². The van der Waals surface area contributed by atoms with E-state index >= 15 is 0 Å². The molecule has 2 amide bonds. The lowest BCUT2D eigenvalue weighted by Crippen LogP contribution is -2.26. The van der Waals surface area contributed by atoms with E-state index in [9.17, 15) is 9.59 Å². The van der Waals surface area contributed by atoms with Crippen molar-refractivity contribution < 1.29 is 14.0 Å². The molecular weight excluding hydrogens is 396 g/mol. The van der Waals surface area contributed by atoms with Crippen LogP contribution in [0.4, 0.5) is 5.69 Å². The first-order valence-corrected chi connectivity index (χ1v) is 8.85. The fraction of sp³-hybridized carbons (Fsp3) is 0.100. The first-order chi connectivity index (χ1) is 12.5. The second kappa shape index (κ2) is 8.01. The molecule has 1 aromatic heterocycles. The van der Waals surface area contributed by atoms with Crippen LogP contribution in [0.1, 0.15) is 39.4 Å². The molecule has 0 radical (unpaired) electrons. The van der Waals surface area contributed by atoms with Crippen molar-refractivity contribution in [1.29, 1.82) is 0 Å². The lowest BCUT2D eigenvalue weighted by Gasteiger charge is -2.14. The number of anilines is 1. The van der Waals surface area contributed by atoms with E-state index in [1.165, 1.54) is 0 Å². The van der Waals surface area contributed by atoms with Crippen LogP contribution in [-0.4, -0.2) is 11.8 Å². The summed E-state index contributed by atoms with van der Waals surface area (Å²) in [6.07, 6.45) is 0. The van der Waals surface area contributed by atoms with Crippen molar-refractivity contribution >= 4 is 33.4 Å². The standard InChI is InChI=1S/C20H17BrN2O3/c1-13(14-6-3-2-4-7-14)22-19(24)15-8-5-9-16(12-15)23-20(25)17-10-11-18(21)26-17/h2-13H,1H3,(H,22,24)(H,23,25)/t13-/m1/s1. The van der Waals surface area contributed by atoms with Crippen molar-refractivity contribution in [1.82, 2.24) is 5.32 Å². The molecule has 0 aliphatic carbocycles. The van der Waals surface area contributed by atoms with Gasteiger partial charge in [0.05, 0.1) is 6.04 Å². The van der Waals surface area contributed by atoms with Gasteiger partial charge in [0.15, 0.2) is 10.4 Å². The van der Waals surface area contributed by atoms with Crippen molar-refractivity contribution in [3.63, 3.8) is 0 Å². The van der Waals surface area contributed by atoms with Crippen molar-refractivity contribution in [3.8, 4) is 0 Å². The minimum Gasteiger partial charge on any atom is -0.444 e. The molecule has 6 heteroatoms. The second-order valence-corrected chi connectivity index (χ2v) is 6.53. The predicted molar refractivity (Wildman–Crippen MR) is 103 cm³/mol. The summed E-state index contributed by atoms with van der Waals surface area (Å²) in [7, 11) is 0. The third-order valence-corrected chi connectivity index (χ3v) is 4.25. The first kappa shape index (κ1) is 17.9. The Morgan fingerprint density at radius 2 is 1.73 bits per heavy atom. The third kappa shape index (κ3) is 4.40. The zero-order chi connectivity index (χ0) is 18.5. The van der Waals surface area contributed by atoms with Gasteiger partial charge in [-0.25, -0.2) is 0 Å². The average molecular weight is 413 g/mol. The summed E-state index contributed by atoms with van der Waals surface area (Å²) in [4.78, 5) is 24.6. The van der Waals surface area contributed by atoms with Crippen LogP contribution in [0.15, 0.2) is 75.8 Å². The molecule has 0 spiro atoms. The molecule has 0 saturated heterocycles.